The van der Waals surface area contributed by atoms with E-state index in [9.17, 15) is 14.4 Å². The summed E-state index contributed by atoms with van der Waals surface area (Å²) in [5.74, 6) is -1.54. The van der Waals surface area contributed by atoms with Gasteiger partial charge in [0.1, 0.15) is 23.2 Å². The first kappa shape index (κ1) is 26.3. The smallest absolute Gasteiger partial charge is 0.271 e. The summed E-state index contributed by atoms with van der Waals surface area (Å²) in [4.78, 5) is 28.3. The number of thiazole rings is 1. The van der Waals surface area contributed by atoms with Crippen molar-refractivity contribution >= 4 is 39.2 Å². The van der Waals surface area contributed by atoms with Crippen LogP contribution in [0.4, 0.5) is 19.7 Å². The molecule has 2 unspecified atom stereocenters. The molecule has 9 nitrogen and oxygen atoms in total. The van der Waals surface area contributed by atoms with E-state index in [0.29, 0.717) is 33.7 Å². The Kier molecular flexibility index (Phi) is 7.03. The highest BCUT2D eigenvalue weighted by Gasteiger charge is 2.28. The van der Waals surface area contributed by atoms with E-state index in [1.165, 1.54) is 17.4 Å². The van der Waals surface area contributed by atoms with Crippen LogP contribution in [0.5, 0.6) is 0 Å². The third-order valence-electron chi connectivity index (χ3n) is 7.17. The highest BCUT2D eigenvalue weighted by Crippen LogP contribution is 2.39. The zero-order valence-corrected chi connectivity index (χ0v) is 22.4. The lowest BCUT2D eigenvalue weighted by molar-refractivity contribution is 0.0922. The molecule has 1 aromatic carbocycles. The maximum absolute atomic E-state index is 16.2. The number of rotatable bonds is 6. The number of hydrogen-bond acceptors (Lipinski definition) is 8. The van der Waals surface area contributed by atoms with E-state index in [-0.39, 0.29) is 46.3 Å². The Morgan fingerprint density at radius 1 is 1.17 bits per heavy atom. The summed E-state index contributed by atoms with van der Waals surface area (Å²) in [7, 11) is 0. The molecule has 1 amide bonds. The first-order chi connectivity index (χ1) is 19.9. The van der Waals surface area contributed by atoms with Gasteiger partial charge in [-0.25, -0.2) is 23.7 Å². The molecule has 0 radical (unpaired) electrons. The van der Waals surface area contributed by atoms with Crippen molar-refractivity contribution in [2.45, 2.75) is 37.8 Å². The number of amides is 1. The monoisotopic (exact) mass is 570 g/mol. The number of pyridine rings is 2. The van der Waals surface area contributed by atoms with Crippen LogP contribution >= 0.6 is 11.3 Å². The molecule has 206 valence electrons. The Balaban J connectivity index is 1.38. The van der Waals surface area contributed by atoms with Gasteiger partial charge in [0.25, 0.3) is 5.91 Å². The van der Waals surface area contributed by atoms with Crippen molar-refractivity contribution in [3.8, 4) is 28.5 Å². The number of aromatic amines is 1. The summed E-state index contributed by atoms with van der Waals surface area (Å²) < 4.78 is 30.4. The maximum atomic E-state index is 16.2. The number of anilines is 2. The van der Waals surface area contributed by atoms with Gasteiger partial charge in [-0.2, -0.15) is 5.26 Å². The van der Waals surface area contributed by atoms with E-state index >= 15 is 4.39 Å². The third-order valence-corrected chi connectivity index (χ3v) is 7.84. The molecular formula is C29H24F2N8OS. The lowest BCUT2D eigenvalue weighted by Gasteiger charge is -2.31. The molecule has 5 aromatic rings. The lowest BCUT2D eigenvalue weighted by atomic mass is 9.90. The number of aromatic nitrogens is 4. The predicted molar refractivity (Wildman–Crippen MR) is 153 cm³/mol. The largest absolute Gasteiger partial charge is 0.375 e. The first-order valence-electron chi connectivity index (χ1n) is 13.0. The molecule has 0 saturated heterocycles. The summed E-state index contributed by atoms with van der Waals surface area (Å²) in [6, 6.07) is 11.8. The number of carbonyl (C=O) groups is 1. The number of H-pyrrole nitrogens is 1. The number of benzene rings is 1. The number of hydrogen-bond donors (Lipinski definition) is 4. The minimum atomic E-state index is -0.662. The number of nitriles is 1. The second kappa shape index (κ2) is 10.9. The predicted octanol–water partition coefficient (Wildman–Crippen LogP) is 5.63. The Morgan fingerprint density at radius 2 is 1.98 bits per heavy atom. The van der Waals surface area contributed by atoms with Crippen molar-refractivity contribution in [3.05, 3.63) is 77.1 Å². The Hall–Kier alpha value is -4.89. The van der Waals surface area contributed by atoms with Gasteiger partial charge < -0.3 is 21.4 Å². The van der Waals surface area contributed by atoms with E-state index in [1.54, 1.807) is 41.9 Å². The van der Waals surface area contributed by atoms with E-state index in [2.05, 4.69) is 36.6 Å². The van der Waals surface area contributed by atoms with Gasteiger partial charge in [-0.1, -0.05) is 30.3 Å². The number of nitrogens with two attached hydrogens (primary N) is 1. The standard InChI is InChI=1S/C29H24F2N8OS/c30-16-9-19-21(13-35-26(19)34-12-16)25-20(11-32)23(15-5-2-1-3-6-15)24(31)27(39-25)36-17-7-4-8-18(10-17)37-28(40)22-14-41-29(33)38-22/h1-3,5-6,9,12-14,17-18H,4,7-8,10H2,(H2,33,38)(H,34,35)(H,36,39)(H,37,40). The fourth-order valence-corrected chi connectivity index (χ4v) is 5.85. The lowest BCUT2D eigenvalue weighted by Crippen LogP contribution is -2.42. The van der Waals surface area contributed by atoms with Crippen LogP contribution in [0.25, 0.3) is 33.4 Å². The normalized spacial score (nSPS) is 16.8. The Labute approximate surface area is 237 Å². The van der Waals surface area contributed by atoms with Gasteiger partial charge in [-0.15, -0.1) is 11.3 Å². The van der Waals surface area contributed by atoms with Gasteiger partial charge in [-0.3, -0.25) is 4.79 Å². The average molecular weight is 571 g/mol. The highest BCUT2D eigenvalue weighted by atomic mass is 32.1. The van der Waals surface area contributed by atoms with Crippen molar-refractivity contribution in [1.82, 2.24) is 25.3 Å². The minimum Gasteiger partial charge on any atom is -0.375 e. The number of halogens is 2. The number of nitrogens with one attached hydrogen (secondary N) is 3. The van der Waals surface area contributed by atoms with Gasteiger partial charge in [0.2, 0.25) is 0 Å². The quantitative estimate of drug-likeness (QED) is 0.207. The molecule has 4 heterocycles. The van der Waals surface area contributed by atoms with Crippen LogP contribution in [0.2, 0.25) is 0 Å². The van der Waals surface area contributed by atoms with Crippen molar-refractivity contribution in [3.63, 3.8) is 0 Å². The number of nitrogen functional groups attached to an aromatic ring is 1. The van der Waals surface area contributed by atoms with Crippen LogP contribution in [0.3, 0.4) is 0 Å². The number of nitrogens with zero attached hydrogens (tertiary/aromatic N) is 4. The summed E-state index contributed by atoms with van der Waals surface area (Å²) in [6.45, 7) is 0. The van der Waals surface area contributed by atoms with Crippen molar-refractivity contribution in [2.24, 2.45) is 0 Å². The van der Waals surface area contributed by atoms with E-state index in [1.807, 2.05) is 0 Å². The first-order valence-corrected chi connectivity index (χ1v) is 13.9. The number of carbonyl (C=O) groups excluding carboxylic acids is 1. The summed E-state index contributed by atoms with van der Waals surface area (Å²) in [5, 5.41) is 18.8. The molecule has 4 aromatic heterocycles. The number of fused-ring (bicyclic) bond motifs is 1. The topological polar surface area (TPSA) is 145 Å². The van der Waals surface area contributed by atoms with Crippen LogP contribution in [0, 0.1) is 23.0 Å². The zero-order valence-electron chi connectivity index (χ0n) is 21.6. The molecule has 0 bridgehead atoms. The molecule has 1 aliphatic rings. The van der Waals surface area contributed by atoms with Crippen molar-refractivity contribution in [1.29, 1.82) is 5.26 Å². The van der Waals surface area contributed by atoms with Gasteiger partial charge in [0.15, 0.2) is 16.8 Å². The van der Waals surface area contributed by atoms with E-state index < -0.39 is 11.6 Å². The molecular weight excluding hydrogens is 546 g/mol. The van der Waals surface area contributed by atoms with E-state index in [4.69, 9.17) is 5.73 Å². The van der Waals surface area contributed by atoms with Gasteiger partial charge in [-0.05, 0) is 37.3 Å². The fourth-order valence-electron chi connectivity index (χ4n) is 5.31. The fraction of sp³-hybridized carbons (Fsp3) is 0.207. The summed E-state index contributed by atoms with van der Waals surface area (Å²) >= 11 is 1.20. The molecule has 2 atom stereocenters. The molecule has 0 aliphatic heterocycles. The van der Waals surface area contributed by atoms with Crippen molar-refractivity contribution < 1.29 is 13.6 Å². The molecule has 1 saturated carbocycles. The zero-order chi connectivity index (χ0) is 28.5. The van der Waals surface area contributed by atoms with Gasteiger partial charge >= 0.3 is 0 Å². The Bertz CT molecular complexity index is 1800. The average Bonchev–Trinajstić information content (AvgIpc) is 3.60. The van der Waals surface area contributed by atoms with Crippen LogP contribution in [-0.4, -0.2) is 37.9 Å². The van der Waals surface area contributed by atoms with Crippen LogP contribution in [-0.2, 0) is 0 Å². The molecule has 12 heteroatoms. The van der Waals surface area contributed by atoms with E-state index in [0.717, 1.165) is 25.5 Å². The molecule has 1 fully saturated rings. The molecule has 0 spiro atoms. The third kappa shape index (κ3) is 5.19. The van der Waals surface area contributed by atoms with Crippen LogP contribution < -0.4 is 16.4 Å². The molecule has 6 rings (SSSR count). The highest BCUT2D eigenvalue weighted by molar-refractivity contribution is 7.13. The molecule has 1 aliphatic carbocycles. The van der Waals surface area contributed by atoms with Gasteiger partial charge in [0.05, 0.1) is 17.5 Å². The van der Waals surface area contributed by atoms with Gasteiger partial charge in [0, 0.05) is 40.2 Å². The summed E-state index contributed by atoms with van der Waals surface area (Å²) in [6.07, 6.45) is 5.51. The van der Waals surface area contributed by atoms with Crippen LogP contribution in [0.1, 0.15) is 41.7 Å². The second-order valence-electron chi connectivity index (χ2n) is 9.85. The molecule has 41 heavy (non-hydrogen) atoms. The summed E-state index contributed by atoms with van der Waals surface area (Å²) in [5.41, 5.74) is 7.62. The van der Waals surface area contributed by atoms with Crippen molar-refractivity contribution in [2.75, 3.05) is 11.1 Å². The molecule has 5 N–H and O–H groups in total. The Morgan fingerprint density at radius 3 is 2.73 bits per heavy atom. The maximum Gasteiger partial charge on any atom is 0.271 e. The second-order valence-corrected chi connectivity index (χ2v) is 10.7. The minimum absolute atomic E-state index is 0.0270. The van der Waals surface area contributed by atoms with Crippen LogP contribution in [0.15, 0.2) is 54.2 Å². The SMILES string of the molecule is N#Cc1c(-c2c[nH]c3ncc(F)cc23)nc(NC2CCCC(NC(=O)c3csc(N)n3)C2)c(F)c1-c1ccccc1.